The molecule has 0 aromatic carbocycles. The summed E-state index contributed by atoms with van der Waals surface area (Å²) in [5.74, 6) is 0.597. The fraction of sp³-hybridized carbons (Fsp3) is 0.667. The first-order valence-electron chi connectivity index (χ1n) is 7.01. The molecule has 3 nitrogen and oxygen atoms in total. The minimum Gasteiger partial charge on any atom is -0.379 e. The lowest BCUT2D eigenvalue weighted by Gasteiger charge is -2.60. The average molecular weight is 281 g/mol. The van der Waals surface area contributed by atoms with Crippen molar-refractivity contribution in [1.82, 2.24) is 4.98 Å². The van der Waals surface area contributed by atoms with Gasteiger partial charge in [0.05, 0.1) is 11.8 Å². The second-order valence-corrected chi connectivity index (χ2v) is 6.69. The number of hydrogen-bond acceptors (Lipinski definition) is 3. The van der Waals surface area contributed by atoms with E-state index in [0.29, 0.717) is 23.2 Å². The number of halogens is 1. The van der Waals surface area contributed by atoms with E-state index >= 15 is 0 Å². The predicted molar refractivity (Wildman–Crippen MR) is 77.6 cm³/mol. The summed E-state index contributed by atoms with van der Waals surface area (Å²) in [6.07, 6.45) is 4.54. The maximum Gasteiger partial charge on any atom is 0.152 e. The number of fused-ring (bicyclic) bond motifs is 1. The molecule has 0 spiro atoms. The van der Waals surface area contributed by atoms with Crippen LogP contribution in [0.4, 0.5) is 5.69 Å². The largest absolute Gasteiger partial charge is 0.379 e. The van der Waals surface area contributed by atoms with Gasteiger partial charge in [-0.3, -0.25) is 0 Å². The van der Waals surface area contributed by atoms with Crippen LogP contribution in [0.25, 0.3) is 0 Å². The minimum atomic E-state index is 0.150. The fourth-order valence-electron chi connectivity index (χ4n) is 3.67. The number of hydrogen-bond donors (Lipinski definition) is 1. The third kappa shape index (κ3) is 2.03. The molecule has 3 rings (SSSR count). The molecule has 1 N–H and O–H groups in total. The van der Waals surface area contributed by atoms with Gasteiger partial charge in [-0.1, -0.05) is 25.4 Å². The van der Waals surface area contributed by atoms with Crippen molar-refractivity contribution >= 4 is 17.3 Å². The van der Waals surface area contributed by atoms with E-state index in [4.69, 9.17) is 16.3 Å². The van der Waals surface area contributed by atoms with E-state index in [-0.39, 0.29) is 5.41 Å². The average Bonchev–Trinajstić information content (AvgIpc) is 2.38. The van der Waals surface area contributed by atoms with E-state index in [0.717, 1.165) is 24.3 Å². The van der Waals surface area contributed by atoms with Crippen molar-refractivity contribution in [3.63, 3.8) is 0 Å². The van der Waals surface area contributed by atoms with Gasteiger partial charge in [0.1, 0.15) is 0 Å². The summed E-state index contributed by atoms with van der Waals surface area (Å²) in [5, 5.41) is 4.20. The summed E-state index contributed by atoms with van der Waals surface area (Å²) in [7, 11) is 0. The molecule has 2 heterocycles. The van der Waals surface area contributed by atoms with Crippen molar-refractivity contribution in [3.05, 3.63) is 23.0 Å². The van der Waals surface area contributed by atoms with Crippen molar-refractivity contribution in [2.24, 2.45) is 11.3 Å². The van der Waals surface area contributed by atoms with Gasteiger partial charge >= 0.3 is 0 Å². The topological polar surface area (TPSA) is 34.2 Å². The standard InChI is InChI=1S/C15H21ClN2O/c1-9-6-7-17-14(16)11(9)18-12-10-5-4-8-19-13(10)15(12,2)3/h6-7,10,12-13,18H,4-5,8H2,1-3H3. The molecule has 2 fully saturated rings. The van der Waals surface area contributed by atoms with E-state index in [1.165, 1.54) is 6.42 Å². The Balaban J connectivity index is 1.83. The van der Waals surface area contributed by atoms with Crippen molar-refractivity contribution in [1.29, 1.82) is 0 Å². The van der Waals surface area contributed by atoms with Crippen LogP contribution >= 0.6 is 11.6 Å². The molecule has 3 unspecified atom stereocenters. The third-order valence-corrected chi connectivity index (χ3v) is 5.03. The fourth-order valence-corrected chi connectivity index (χ4v) is 3.93. The quantitative estimate of drug-likeness (QED) is 0.840. The van der Waals surface area contributed by atoms with Gasteiger partial charge in [0.15, 0.2) is 5.15 Å². The van der Waals surface area contributed by atoms with E-state index in [1.807, 2.05) is 6.07 Å². The van der Waals surface area contributed by atoms with E-state index < -0.39 is 0 Å². The van der Waals surface area contributed by atoms with Crippen LogP contribution in [0.1, 0.15) is 32.3 Å². The zero-order valence-electron chi connectivity index (χ0n) is 11.7. The maximum absolute atomic E-state index is 6.22. The van der Waals surface area contributed by atoms with Crippen molar-refractivity contribution in [2.75, 3.05) is 11.9 Å². The summed E-state index contributed by atoms with van der Waals surface area (Å²) >= 11 is 6.22. The summed E-state index contributed by atoms with van der Waals surface area (Å²) in [4.78, 5) is 4.17. The molecule has 1 aliphatic heterocycles. The number of pyridine rings is 1. The Kier molecular flexibility index (Phi) is 3.22. The number of nitrogens with one attached hydrogen (secondary N) is 1. The van der Waals surface area contributed by atoms with E-state index in [9.17, 15) is 0 Å². The lowest BCUT2D eigenvalue weighted by atomic mass is 9.55. The lowest BCUT2D eigenvalue weighted by molar-refractivity contribution is -0.177. The molecule has 4 heteroatoms. The third-order valence-electron chi connectivity index (χ3n) is 4.74. The minimum absolute atomic E-state index is 0.150. The normalized spacial score (nSPS) is 32.3. The molecule has 1 saturated heterocycles. The molecule has 3 atom stereocenters. The van der Waals surface area contributed by atoms with Gasteiger partial charge in [0, 0.05) is 30.2 Å². The zero-order valence-corrected chi connectivity index (χ0v) is 12.5. The summed E-state index contributed by atoms with van der Waals surface area (Å²) in [6, 6.07) is 2.41. The molecule has 0 radical (unpaired) electrons. The molecule has 1 aliphatic carbocycles. The Morgan fingerprint density at radius 1 is 1.47 bits per heavy atom. The number of aromatic nitrogens is 1. The lowest BCUT2D eigenvalue weighted by Crippen LogP contribution is -2.67. The molecule has 104 valence electrons. The van der Waals surface area contributed by atoms with Crippen molar-refractivity contribution in [2.45, 2.75) is 45.8 Å². The zero-order chi connectivity index (χ0) is 13.6. The van der Waals surface area contributed by atoms with E-state index in [1.54, 1.807) is 6.20 Å². The van der Waals surface area contributed by atoms with Gasteiger partial charge in [-0.05, 0) is 31.4 Å². The molecule has 1 aromatic heterocycles. The van der Waals surface area contributed by atoms with Crippen LogP contribution in [0.2, 0.25) is 5.15 Å². The number of anilines is 1. The van der Waals surface area contributed by atoms with Gasteiger partial charge in [-0.25, -0.2) is 4.98 Å². The molecule has 0 bridgehead atoms. The van der Waals surface area contributed by atoms with Crippen LogP contribution in [-0.4, -0.2) is 23.7 Å². The van der Waals surface area contributed by atoms with Gasteiger partial charge in [-0.2, -0.15) is 0 Å². The highest BCUT2D eigenvalue weighted by Crippen LogP contribution is 2.52. The van der Waals surface area contributed by atoms with Gasteiger partial charge in [-0.15, -0.1) is 0 Å². The first kappa shape index (κ1) is 13.2. The van der Waals surface area contributed by atoms with Crippen LogP contribution < -0.4 is 5.32 Å². The van der Waals surface area contributed by atoms with Crippen LogP contribution in [-0.2, 0) is 4.74 Å². The van der Waals surface area contributed by atoms with Gasteiger partial charge in [0.2, 0.25) is 0 Å². The van der Waals surface area contributed by atoms with Gasteiger partial charge < -0.3 is 10.1 Å². The molecular formula is C15H21ClN2O. The Morgan fingerprint density at radius 2 is 2.26 bits per heavy atom. The first-order valence-corrected chi connectivity index (χ1v) is 7.39. The SMILES string of the molecule is Cc1ccnc(Cl)c1NC1C2CCCOC2C1(C)C. The number of nitrogens with zero attached hydrogens (tertiary/aromatic N) is 1. The maximum atomic E-state index is 6.22. The van der Waals surface area contributed by atoms with Crippen LogP contribution in [0.15, 0.2) is 12.3 Å². The molecule has 1 saturated carbocycles. The van der Waals surface area contributed by atoms with Gasteiger partial charge in [0.25, 0.3) is 0 Å². The monoisotopic (exact) mass is 280 g/mol. The van der Waals surface area contributed by atoms with Crippen LogP contribution in [0.3, 0.4) is 0 Å². The molecule has 0 amide bonds. The van der Waals surface area contributed by atoms with Crippen LogP contribution in [0, 0.1) is 18.3 Å². The van der Waals surface area contributed by atoms with Crippen molar-refractivity contribution in [3.8, 4) is 0 Å². The Hall–Kier alpha value is -0.800. The molecular weight excluding hydrogens is 260 g/mol. The van der Waals surface area contributed by atoms with Crippen molar-refractivity contribution < 1.29 is 4.74 Å². The summed E-state index contributed by atoms with van der Waals surface area (Å²) in [5.41, 5.74) is 2.28. The summed E-state index contributed by atoms with van der Waals surface area (Å²) in [6.45, 7) is 7.52. The highest BCUT2D eigenvalue weighted by Gasteiger charge is 2.58. The second-order valence-electron chi connectivity index (χ2n) is 6.33. The highest BCUT2D eigenvalue weighted by molar-refractivity contribution is 6.32. The Bertz CT molecular complexity index is 469. The number of ether oxygens (including phenoxy) is 1. The molecule has 19 heavy (non-hydrogen) atoms. The molecule has 1 aromatic rings. The number of aryl methyl sites for hydroxylation is 1. The van der Waals surface area contributed by atoms with Crippen LogP contribution in [0.5, 0.6) is 0 Å². The summed E-state index contributed by atoms with van der Waals surface area (Å²) < 4.78 is 5.93. The first-order chi connectivity index (χ1) is 9.01. The Labute approximate surface area is 119 Å². The highest BCUT2D eigenvalue weighted by atomic mass is 35.5. The Morgan fingerprint density at radius 3 is 3.00 bits per heavy atom. The second kappa shape index (κ2) is 4.64. The van der Waals surface area contributed by atoms with E-state index in [2.05, 4.69) is 31.1 Å². The smallest absolute Gasteiger partial charge is 0.152 e. The predicted octanol–water partition coefficient (Wildman–Crippen LogP) is 3.66. The number of rotatable bonds is 2. The molecule has 2 aliphatic rings.